The predicted molar refractivity (Wildman–Crippen MR) is 134 cm³/mol. The van der Waals surface area contributed by atoms with Gasteiger partial charge in [0.25, 0.3) is 0 Å². The Morgan fingerprint density at radius 1 is 0.667 bits per heavy atom. The molecule has 0 bridgehead atoms. The molecule has 2 aliphatic rings. The van der Waals surface area contributed by atoms with Gasteiger partial charge in [0.05, 0.1) is 21.4 Å². The van der Waals surface area contributed by atoms with E-state index in [1.807, 2.05) is 23.5 Å². The normalized spacial score (nSPS) is 18.3. The highest BCUT2D eigenvalue weighted by molar-refractivity contribution is 8.04. The number of fused-ring (bicyclic) bond motifs is 2. The Morgan fingerprint density at radius 3 is 1.53 bits per heavy atom. The second-order valence-corrected chi connectivity index (χ2v) is 9.20. The SMILES string of the molecule is CCN1C(=CC=CCCC=C/C=C2\Sc3ccccc3N2CC)Sc2ccccc21. The number of benzene rings is 2. The highest BCUT2D eigenvalue weighted by atomic mass is 32.2. The lowest BCUT2D eigenvalue weighted by Gasteiger charge is -2.17. The number of thioether (sulfide) groups is 2. The zero-order valence-corrected chi connectivity index (χ0v) is 19.3. The summed E-state index contributed by atoms with van der Waals surface area (Å²) in [5, 5.41) is 2.63. The minimum absolute atomic E-state index is 0.998. The summed E-state index contributed by atoms with van der Waals surface area (Å²) in [5.41, 5.74) is 2.65. The smallest absolute Gasteiger partial charge is 0.0801 e. The molecule has 0 unspecified atom stereocenters. The van der Waals surface area contributed by atoms with Crippen LogP contribution in [0.1, 0.15) is 26.7 Å². The number of rotatable bonds is 7. The maximum Gasteiger partial charge on any atom is 0.0801 e. The summed E-state index contributed by atoms with van der Waals surface area (Å²) >= 11 is 3.72. The van der Waals surface area contributed by atoms with Gasteiger partial charge in [0.2, 0.25) is 0 Å². The summed E-state index contributed by atoms with van der Waals surface area (Å²) in [6.45, 7) is 6.41. The summed E-state index contributed by atoms with van der Waals surface area (Å²) in [4.78, 5) is 7.46. The van der Waals surface area contributed by atoms with Crippen LogP contribution >= 0.6 is 23.5 Å². The van der Waals surface area contributed by atoms with Gasteiger partial charge in [0, 0.05) is 22.9 Å². The fourth-order valence-electron chi connectivity index (χ4n) is 3.69. The molecular weight excluding hydrogens is 404 g/mol. The van der Waals surface area contributed by atoms with Crippen molar-refractivity contribution in [2.24, 2.45) is 0 Å². The second-order valence-electron chi connectivity index (χ2n) is 7.07. The Hall–Kier alpha value is -2.30. The van der Waals surface area contributed by atoms with E-state index in [1.165, 1.54) is 31.2 Å². The Bertz CT molecular complexity index is 922. The number of hydrogen-bond donors (Lipinski definition) is 0. The first-order valence-electron chi connectivity index (χ1n) is 10.6. The Morgan fingerprint density at radius 2 is 1.10 bits per heavy atom. The third kappa shape index (κ3) is 4.55. The molecule has 0 aromatic heterocycles. The van der Waals surface area contributed by atoms with Gasteiger partial charge in [-0.1, -0.05) is 72.1 Å². The number of unbranched alkanes of at least 4 members (excludes halogenated alkanes) is 1. The van der Waals surface area contributed by atoms with Gasteiger partial charge >= 0.3 is 0 Å². The monoisotopic (exact) mass is 432 g/mol. The fraction of sp³-hybridized carbons (Fsp3) is 0.231. The molecule has 2 aliphatic heterocycles. The number of nitrogens with zero attached hydrogens (tertiary/aromatic N) is 2. The van der Waals surface area contributed by atoms with E-state index in [2.05, 4.69) is 109 Å². The fourth-order valence-corrected chi connectivity index (χ4v) is 5.97. The molecule has 0 saturated heterocycles. The van der Waals surface area contributed by atoms with E-state index in [0.29, 0.717) is 0 Å². The van der Waals surface area contributed by atoms with Gasteiger partial charge in [-0.3, -0.25) is 0 Å². The number of allylic oxidation sites excluding steroid dienone is 6. The van der Waals surface area contributed by atoms with Gasteiger partial charge in [-0.25, -0.2) is 0 Å². The van der Waals surface area contributed by atoms with Crippen molar-refractivity contribution in [3.8, 4) is 0 Å². The second kappa shape index (κ2) is 10.1. The highest BCUT2D eigenvalue weighted by Gasteiger charge is 2.23. The van der Waals surface area contributed by atoms with Crippen molar-refractivity contribution < 1.29 is 0 Å². The molecule has 0 radical (unpaired) electrons. The Kier molecular flexibility index (Phi) is 7.08. The maximum atomic E-state index is 2.38. The molecule has 2 aromatic carbocycles. The van der Waals surface area contributed by atoms with Gasteiger partial charge in [-0.15, -0.1) is 0 Å². The molecule has 0 amide bonds. The molecular formula is C26H28N2S2. The van der Waals surface area contributed by atoms with E-state index < -0.39 is 0 Å². The molecule has 0 N–H and O–H groups in total. The Balaban J connectivity index is 1.28. The van der Waals surface area contributed by atoms with Crippen LogP contribution < -0.4 is 9.80 Å². The molecule has 2 nitrogen and oxygen atoms in total. The van der Waals surface area contributed by atoms with Gasteiger partial charge < -0.3 is 9.80 Å². The largest absolute Gasteiger partial charge is 0.335 e. The van der Waals surface area contributed by atoms with Gasteiger partial charge in [0.15, 0.2) is 0 Å². The van der Waals surface area contributed by atoms with Crippen molar-refractivity contribution in [3.63, 3.8) is 0 Å². The first kappa shape index (κ1) is 21.0. The third-order valence-corrected chi connectivity index (χ3v) is 7.42. The van der Waals surface area contributed by atoms with Crippen LogP contribution in [0.15, 0.2) is 105 Å². The summed E-state index contributed by atoms with van der Waals surface area (Å²) in [6, 6.07) is 17.3. The van der Waals surface area contributed by atoms with Crippen LogP contribution in [-0.4, -0.2) is 13.1 Å². The van der Waals surface area contributed by atoms with Crippen LogP contribution in [0.25, 0.3) is 0 Å². The van der Waals surface area contributed by atoms with Crippen LogP contribution in [0.3, 0.4) is 0 Å². The lowest BCUT2D eigenvalue weighted by atomic mass is 10.2. The lowest BCUT2D eigenvalue weighted by molar-refractivity contribution is 1.00. The van der Waals surface area contributed by atoms with E-state index in [1.54, 1.807) is 0 Å². The standard InChI is InChI=1S/C26H28N2S2/c1-3-27-21-15-11-13-17-23(21)29-25(27)19-9-7-5-6-8-10-20-26-28(4-2)22-16-12-14-18-24(22)30-26/h7-20H,3-6H2,1-2H3/b9-7?,10-8?,25-19-,26-20?. The van der Waals surface area contributed by atoms with E-state index in [9.17, 15) is 0 Å². The lowest BCUT2D eigenvalue weighted by Crippen LogP contribution is -2.16. The third-order valence-electron chi connectivity index (χ3n) is 5.16. The number of anilines is 2. The van der Waals surface area contributed by atoms with Crippen molar-refractivity contribution in [3.05, 3.63) is 95.0 Å². The molecule has 0 spiro atoms. The van der Waals surface area contributed by atoms with Crippen LogP contribution in [0, 0.1) is 0 Å². The van der Waals surface area contributed by atoms with Crippen molar-refractivity contribution in [1.29, 1.82) is 0 Å². The van der Waals surface area contributed by atoms with Crippen LogP contribution in [0.4, 0.5) is 11.4 Å². The predicted octanol–water partition coefficient (Wildman–Crippen LogP) is 7.83. The first-order chi connectivity index (χ1) is 14.8. The molecule has 0 atom stereocenters. The number of para-hydroxylation sites is 2. The maximum absolute atomic E-state index is 2.38. The van der Waals surface area contributed by atoms with E-state index in [0.717, 1.165) is 25.9 Å². The minimum Gasteiger partial charge on any atom is -0.335 e. The summed E-state index contributed by atoms with van der Waals surface area (Å²) in [6.07, 6.45) is 15.5. The summed E-state index contributed by atoms with van der Waals surface area (Å²) < 4.78 is 0. The quantitative estimate of drug-likeness (QED) is 0.411. The highest BCUT2D eigenvalue weighted by Crippen LogP contribution is 2.46. The van der Waals surface area contributed by atoms with Gasteiger partial charge in [-0.05, 0) is 63.1 Å². The molecule has 154 valence electrons. The molecule has 4 rings (SSSR count). The summed E-state index contributed by atoms with van der Waals surface area (Å²) in [5.74, 6) is 0. The van der Waals surface area contributed by atoms with Crippen LogP contribution in [-0.2, 0) is 0 Å². The topological polar surface area (TPSA) is 6.48 Å². The van der Waals surface area contributed by atoms with E-state index >= 15 is 0 Å². The Labute approximate surface area is 189 Å². The molecule has 30 heavy (non-hydrogen) atoms. The van der Waals surface area contributed by atoms with Crippen LogP contribution in [0.5, 0.6) is 0 Å². The summed E-state index contributed by atoms with van der Waals surface area (Å²) in [7, 11) is 0. The first-order valence-corrected chi connectivity index (χ1v) is 12.3. The average molecular weight is 433 g/mol. The molecule has 2 aromatic rings. The van der Waals surface area contributed by atoms with Crippen LogP contribution in [0.2, 0.25) is 0 Å². The van der Waals surface area contributed by atoms with Crippen molar-refractivity contribution in [2.45, 2.75) is 36.5 Å². The number of hydrogen-bond acceptors (Lipinski definition) is 4. The van der Waals surface area contributed by atoms with Gasteiger partial charge in [0.1, 0.15) is 0 Å². The van der Waals surface area contributed by atoms with Gasteiger partial charge in [-0.2, -0.15) is 0 Å². The average Bonchev–Trinajstić information content (AvgIpc) is 3.32. The molecule has 0 fully saturated rings. The van der Waals surface area contributed by atoms with Crippen molar-refractivity contribution in [1.82, 2.24) is 0 Å². The van der Waals surface area contributed by atoms with Crippen molar-refractivity contribution in [2.75, 3.05) is 22.9 Å². The van der Waals surface area contributed by atoms with E-state index in [4.69, 9.17) is 0 Å². The minimum atomic E-state index is 0.998. The zero-order valence-electron chi connectivity index (χ0n) is 17.6. The molecule has 0 saturated carbocycles. The van der Waals surface area contributed by atoms with E-state index in [-0.39, 0.29) is 0 Å². The zero-order chi connectivity index (χ0) is 20.8. The molecule has 4 heteroatoms. The van der Waals surface area contributed by atoms with Crippen molar-refractivity contribution >= 4 is 34.9 Å². The molecule has 0 aliphatic carbocycles. The molecule has 2 heterocycles.